The van der Waals surface area contributed by atoms with Crippen molar-refractivity contribution in [2.45, 2.75) is 37.9 Å². The van der Waals surface area contributed by atoms with E-state index in [0.717, 1.165) is 23.1 Å². The number of nitrogens with zero attached hydrogens (tertiary/aromatic N) is 2. The van der Waals surface area contributed by atoms with Crippen LogP contribution in [0.5, 0.6) is 0 Å². The third-order valence-electron chi connectivity index (χ3n) is 6.89. The van der Waals surface area contributed by atoms with Gasteiger partial charge in [0.05, 0.1) is 6.04 Å². The van der Waals surface area contributed by atoms with Gasteiger partial charge in [-0.05, 0) is 35.6 Å². The standard InChI is InChI=1S/C28H27N3O3/c1-20(22-12-6-3-7-13-22)31-26(33)28(29-27(31)34,18-21-10-4-2-5-11-21)25(32)30-17-16-23-14-8-9-15-24(23)19-30/h2-15,20H,16-19H2,1H3,(H,29,34)/t20-,28?/m1/s1. The molecule has 172 valence electrons. The number of imide groups is 1. The first-order valence-electron chi connectivity index (χ1n) is 11.6. The molecule has 2 atom stereocenters. The fourth-order valence-electron chi connectivity index (χ4n) is 5.01. The highest BCUT2D eigenvalue weighted by Crippen LogP contribution is 2.33. The molecule has 1 saturated heterocycles. The van der Waals surface area contributed by atoms with E-state index in [1.807, 2.05) is 85.8 Å². The topological polar surface area (TPSA) is 69.7 Å². The predicted molar refractivity (Wildman–Crippen MR) is 129 cm³/mol. The van der Waals surface area contributed by atoms with Crippen LogP contribution in [-0.2, 0) is 29.0 Å². The molecule has 5 rings (SSSR count). The Morgan fingerprint density at radius 3 is 2.24 bits per heavy atom. The average Bonchev–Trinajstić information content (AvgIpc) is 3.13. The number of benzene rings is 3. The van der Waals surface area contributed by atoms with E-state index < -0.39 is 23.5 Å². The lowest BCUT2D eigenvalue weighted by atomic mass is 9.87. The molecule has 1 N–H and O–H groups in total. The van der Waals surface area contributed by atoms with E-state index in [4.69, 9.17) is 0 Å². The van der Waals surface area contributed by atoms with Crippen LogP contribution >= 0.6 is 0 Å². The number of rotatable bonds is 5. The maximum Gasteiger partial charge on any atom is 0.326 e. The van der Waals surface area contributed by atoms with Gasteiger partial charge in [0.25, 0.3) is 11.8 Å². The van der Waals surface area contributed by atoms with Crippen molar-refractivity contribution >= 4 is 17.8 Å². The molecule has 4 amide bonds. The van der Waals surface area contributed by atoms with Gasteiger partial charge < -0.3 is 10.2 Å². The predicted octanol–water partition coefficient (Wildman–Crippen LogP) is 3.87. The van der Waals surface area contributed by atoms with E-state index in [9.17, 15) is 14.4 Å². The number of fused-ring (bicyclic) bond motifs is 1. The van der Waals surface area contributed by atoms with E-state index in [-0.39, 0.29) is 12.3 Å². The van der Waals surface area contributed by atoms with Crippen LogP contribution in [0, 0.1) is 0 Å². The van der Waals surface area contributed by atoms with Crippen molar-refractivity contribution in [3.05, 3.63) is 107 Å². The van der Waals surface area contributed by atoms with Crippen molar-refractivity contribution in [1.29, 1.82) is 0 Å². The summed E-state index contributed by atoms with van der Waals surface area (Å²) in [7, 11) is 0. The Bertz CT molecular complexity index is 1230. The van der Waals surface area contributed by atoms with Gasteiger partial charge in [-0.3, -0.25) is 14.5 Å². The number of carbonyl (C=O) groups excluding carboxylic acids is 3. The first-order valence-corrected chi connectivity index (χ1v) is 11.6. The highest BCUT2D eigenvalue weighted by atomic mass is 16.2. The molecular formula is C28H27N3O3. The molecule has 2 aliphatic rings. The smallest absolute Gasteiger partial charge is 0.326 e. The maximum absolute atomic E-state index is 14.1. The van der Waals surface area contributed by atoms with Gasteiger partial charge in [0.2, 0.25) is 5.54 Å². The highest BCUT2D eigenvalue weighted by molar-refractivity contribution is 6.20. The van der Waals surface area contributed by atoms with E-state index in [0.29, 0.717) is 13.1 Å². The molecule has 6 nitrogen and oxygen atoms in total. The molecule has 0 aromatic heterocycles. The summed E-state index contributed by atoms with van der Waals surface area (Å²) in [6.07, 6.45) is 0.822. The number of carbonyl (C=O) groups is 3. The van der Waals surface area contributed by atoms with E-state index in [2.05, 4.69) is 11.4 Å². The van der Waals surface area contributed by atoms with Gasteiger partial charge >= 0.3 is 6.03 Å². The summed E-state index contributed by atoms with van der Waals surface area (Å²) in [5, 5.41) is 2.83. The molecule has 6 heteroatoms. The van der Waals surface area contributed by atoms with Crippen LogP contribution in [0.3, 0.4) is 0 Å². The molecule has 34 heavy (non-hydrogen) atoms. The molecule has 2 heterocycles. The zero-order valence-corrected chi connectivity index (χ0v) is 19.1. The molecular weight excluding hydrogens is 426 g/mol. The van der Waals surface area contributed by atoms with Crippen LogP contribution in [0.25, 0.3) is 0 Å². The number of urea groups is 1. The van der Waals surface area contributed by atoms with Crippen molar-refractivity contribution < 1.29 is 14.4 Å². The zero-order chi connectivity index (χ0) is 23.7. The van der Waals surface area contributed by atoms with Crippen molar-refractivity contribution in [1.82, 2.24) is 15.1 Å². The Balaban J connectivity index is 1.51. The average molecular weight is 454 g/mol. The largest absolute Gasteiger partial charge is 0.336 e. The number of nitrogens with one attached hydrogen (secondary N) is 1. The summed E-state index contributed by atoms with van der Waals surface area (Å²) in [4.78, 5) is 44.2. The first-order chi connectivity index (χ1) is 16.5. The maximum atomic E-state index is 14.1. The zero-order valence-electron chi connectivity index (χ0n) is 19.1. The molecule has 0 saturated carbocycles. The van der Waals surface area contributed by atoms with E-state index in [1.54, 1.807) is 4.90 Å². The Morgan fingerprint density at radius 2 is 1.53 bits per heavy atom. The second-order valence-electron chi connectivity index (χ2n) is 9.01. The van der Waals surface area contributed by atoms with Gasteiger partial charge in [-0.15, -0.1) is 0 Å². The Morgan fingerprint density at radius 1 is 0.912 bits per heavy atom. The van der Waals surface area contributed by atoms with Crippen LogP contribution in [0.4, 0.5) is 4.79 Å². The van der Waals surface area contributed by atoms with Gasteiger partial charge in [-0.1, -0.05) is 84.9 Å². The van der Waals surface area contributed by atoms with E-state index >= 15 is 0 Å². The molecule has 2 aliphatic heterocycles. The van der Waals surface area contributed by atoms with Crippen molar-refractivity contribution in [3.8, 4) is 0 Å². The van der Waals surface area contributed by atoms with Gasteiger partial charge in [-0.25, -0.2) is 4.79 Å². The number of hydrogen-bond donors (Lipinski definition) is 1. The van der Waals surface area contributed by atoms with Gasteiger partial charge in [0, 0.05) is 19.5 Å². The van der Waals surface area contributed by atoms with Gasteiger partial charge in [-0.2, -0.15) is 0 Å². The van der Waals surface area contributed by atoms with Crippen LogP contribution in [-0.4, -0.2) is 39.7 Å². The Kier molecular flexibility index (Phi) is 5.65. The SMILES string of the molecule is C[C@H](c1ccccc1)N1C(=O)NC(Cc2ccccc2)(C(=O)N2CCc3ccccc3C2)C1=O. The molecule has 1 unspecified atom stereocenters. The molecule has 0 radical (unpaired) electrons. The molecule has 0 spiro atoms. The van der Waals surface area contributed by atoms with Crippen LogP contribution < -0.4 is 5.32 Å². The first kappa shape index (κ1) is 21.9. The van der Waals surface area contributed by atoms with Crippen LogP contribution in [0.15, 0.2) is 84.9 Å². The fraction of sp³-hybridized carbons (Fsp3) is 0.250. The van der Waals surface area contributed by atoms with Crippen LogP contribution in [0.2, 0.25) is 0 Å². The summed E-state index contributed by atoms with van der Waals surface area (Å²) in [5.41, 5.74) is 2.26. The summed E-state index contributed by atoms with van der Waals surface area (Å²) < 4.78 is 0. The van der Waals surface area contributed by atoms with Crippen molar-refractivity contribution in [2.75, 3.05) is 6.54 Å². The minimum absolute atomic E-state index is 0.105. The summed E-state index contributed by atoms with van der Waals surface area (Å²) in [6, 6.07) is 25.8. The normalized spacial score (nSPS) is 20.6. The Hall–Kier alpha value is -3.93. The highest BCUT2D eigenvalue weighted by Gasteiger charge is 2.59. The lowest BCUT2D eigenvalue weighted by Gasteiger charge is -2.36. The van der Waals surface area contributed by atoms with Crippen molar-refractivity contribution in [3.63, 3.8) is 0 Å². The summed E-state index contributed by atoms with van der Waals surface area (Å²) >= 11 is 0. The monoisotopic (exact) mass is 453 g/mol. The minimum Gasteiger partial charge on any atom is -0.336 e. The van der Waals surface area contributed by atoms with Gasteiger partial charge in [0.15, 0.2) is 0 Å². The van der Waals surface area contributed by atoms with Crippen LogP contribution in [0.1, 0.15) is 35.2 Å². The third kappa shape index (κ3) is 3.75. The lowest BCUT2D eigenvalue weighted by Crippen LogP contribution is -2.61. The fourth-order valence-corrected chi connectivity index (χ4v) is 5.01. The lowest BCUT2D eigenvalue weighted by molar-refractivity contribution is -0.147. The van der Waals surface area contributed by atoms with Crippen molar-refractivity contribution in [2.24, 2.45) is 0 Å². The quantitative estimate of drug-likeness (QED) is 0.471. The molecule has 0 bridgehead atoms. The number of hydrogen-bond acceptors (Lipinski definition) is 3. The number of amides is 4. The Labute approximate surface area is 199 Å². The van der Waals surface area contributed by atoms with E-state index in [1.165, 1.54) is 10.5 Å². The van der Waals surface area contributed by atoms with Gasteiger partial charge in [0.1, 0.15) is 0 Å². The second kappa shape index (κ2) is 8.78. The molecule has 1 fully saturated rings. The minimum atomic E-state index is -1.67. The molecule has 3 aromatic carbocycles. The third-order valence-corrected chi connectivity index (χ3v) is 6.89. The second-order valence-corrected chi connectivity index (χ2v) is 9.01. The molecule has 0 aliphatic carbocycles. The molecule has 3 aromatic rings. The summed E-state index contributed by atoms with van der Waals surface area (Å²) in [5.74, 6) is -0.853. The summed E-state index contributed by atoms with van der Waals surface area (Å²) in [6.45, 7) is 2.74.